The topological polar surface area (TPSA) is 132 Å². The smallest absolute Gasteiger partial charge is 0.342 e. The summed E-state index contributed by atoms with van der Waals surface area (Å²) in [4.78, 5) is 21.0. The SMILES string of the molecule is COc1cccc(F)c1C(=O)c1cnc(NC2CCN(S(C)(=O)=[OH+])CC2)nc1N. The number of benzene rings is 1. The molecule has 11 heteroatoms. The van der Waals surface area contributed by atoms with Gasteiger partial charge in [0.05, 0.1) is 12.7 Å². The van der Waals surface area contributed by atoms with Crippen LogP contribution in [0.1, 0.15) is 28.8 Å². The van der Waals surface area contributed by atoms with Gasteiger partial charge < -0.3 is 15.8 Å². The van der Waals surface area contributed by atoms with Crippen molar-refractivity contribution in [2.24, 2.45) is 0 Å². The molecule has 1 aromatic heterocycles. The van der Waals surface area contributed by atoms with E-state index in [1.165, 1.54) is 36.0 Å². The first kappa shape index (κ1) is 20.9. The predicted octanol–water partition coefficient (Wildman–Crippen LogP) is 1.43. The first-order valence-electron chi connectivity index (χ1n) is 8.93. The first-order chi connectivity index (χ1) is 13.7. The van der Waals surface area contributed by atoms with Crippen LogP contribution in [0.2, 0.25) is 0 Å². The van der Waals surface area contributed by atoms with Crippen molar-refractivity contribution in [1.82, 2.24) is 14.3 Å². The van der Waals surface area contributed by atoms with Crippen LogP contribution in [-0.2, 0) is 10.0 Å². The van der Waals surface area contributed by atoms with E-state index in [9.17, 15) is 17.6 Å². The number of ether oxygens (including phenoxy) is 1. The number of carbonyl (C=O) groups is 1. The summed E-state index contributed by atoms with van der Waals surface area (Å²) in [5.74, 6) is -1.14. The van der Waals surface area contributed by atoms with Gasteiger partial charge in [0.2, 0.25) is 11.7 Å². The number of rotatable bonds is 6. The molecule has 1 fully saturated rings. The van der Waals surface area contributed by atoms with E-state index < -0.39 is 21.6 Å². The molecule has 0 aliphatic carbocycles. The highest BCUT2D eigenvalue weighted by molar-refractivity contribution is 7.88. The largest absolute Gasteiger partial charge is 0.496 e. The van der Waals surface area contributed by atoms with Gasteiger partial charge in [0, 0.05) is 25.3 Å². The van der Waals surface area contributed by atoms with Crippen molar-refractivity contribution in [2.45, 2.75) is 18.9 Å². The number of halogens is 1. The maximum absolute atomic E-state index is 14.2. The molecule has 9 nitrogen and oxygen atoms in total. The summed E-state index contributed by atoms with van der Waals surface area (Å²) in [7, 11) is -1.61. The molecule has 0 radical (unpaired) electrons. The van der Waals surface area contributed by atoms with Gasteiger partial charge in [0.1, 0.15) is 29.2 Å². The number of piperidine rings is 1. The molecule has 1 saturated heterocycles. The highest BCUT2D eigenvalue weighted by Crippen LogP contribution is 2.26. The summed E-state index contributed by atoms with van der Waals surface area (Å²) >= 11 is 0. The molecule has 156 valence electrons. The minimum atomic E-state index is -2.95. The molecule has 0 spiro atoms. The molecule has 2 heterocycles. The number of nitrogens with one attached hydrogen (secondary N) is 1. The van der Waals surface area contributed by atoms with E-state index in [0.29, 0.717) is 25.9 Å². The highest BCUT2D eigenvalue weighted by Gasteiger charge is 2.28. The second-order valence-electron chi connectivity index (χ2n) is 6.75. The van der Waals surface area contributed by atoms with Crippen LogP contribution in [-0.4, -0.2) is 61.0 Å². The molecule has 1 unspecified atom stereocenters. The van der Waals surface area contributed by atoms with Crippen molar-refractivity contribution in [3.05, 3.63) is 41.3 Å². The van der Waals surface area contributed by atoms with Crippen LogP contribution >= 0.6 is 0 Å². The summed E-state index contributed by atoms with van der Waals surface area (Å²) in [6.45, 7) is 0.922. The third kappa shape index (κ3) is 4.62. The molecule has 2 aromatic rings. The van der Waals surface area contributed by atoms with Crippen LogP contribution in [0.25, 0.3) is 0 Å². The molecular weight excluding hydrogens is 401 g/mol. The predicted molar refractivity (Wildman–Crippen MR) is 107 cm³/mol. The minimum absolute atomic E-state index is 0.000568. The monoisotopic (exact) mass is 424 g/mol. The zero-order valence-corrected chi connectivity index (χ0v) is 16.9. The van der Waals surface area contributed by atoms with Crippen LogP contribution in [0.15, 0.2) is 24.4 Å². The van der Waals surface area contributed by atoms with Crippen molar-refractivity contribution in [2.75, 3.05) is 37.5 Å². The second kappa shape index (κ2) is 8.29. The van der Waals surface area contributed by atoms with Crippen LogP contribution in [0.4, 0.5) is 16.2 Å². The third-order valence-electron chi connectivity index (χ3n) is 4.75. The lowest BCUT2D eigenvalue weighted by Crippen LogP contribution is -2.42. The average Bonchev–Trinajstić information content (AvgIpc) is 2.67. The van der Waals surface area contributed by atoms with Crippen LogP contribution in [0.3, 0.4) is 0 Å². The number of anilines is 2. The van der Waals surface area contributed by atoms with Gasteiger partial charge in [-0.3, -0.25) is 4.79 Å². The molecule has 1 atom stereocenters. The molecule has 1 aromatic carbocycles. The highest BCUT2D eigenvalue weighted by atomic mass is 32.2. The molecule has 0 saturated carbocycles. The van der Waals surface area contributed by atoms with Crippen molar-refractivity contribution >= 4 is 27.6 Å². The van der Waals surface area contributed by atoms with E-state index in [0.717, 1.165) is 6.07 Å². The van der Waals surface area contributed by atoms with Crippen LogP contribution < -0.4 is 15.8 Å². The number of methoxy groups -OCH3 is 1. The Kier molecular flexibility index (Phi) is 5.99. The van der Waals surface area contributed by atoms with E-state index in [1.54, 1.807) is 0 Å². The van der Waals surface area contributed by atoms with Crippen molar-refractivity contribution in [3.8, 4) is 5.75 Å². The van der Waals surface area contributed by atoms with E-state index >= 15 is 0 Å². The van der Waals surface area contributed by atoms with E-state index in [2.05, 4.69) is 15.3 Å². The number of hydrogen-bond donors (Lipinski definition) is 2. The molecule has 29 heavy (non-hydrogen) atoms. The Balaban J connectivity index is 1.74. The fourth-order valence-electron chi connectivity index (χ4n) is 3.19. The van der Waals surface area contributed by atoms with Gasteiger partial charge in [-0.2, -0.15) is 13.5 Å². The Morgan fingerprint density at radius 2 is 2.10 bits per heavy atom. The number of aromatic nitrogens is 2. The number of carbonyl (C=O) groups excluding carboxylic acids is 1. The standard InChI is InChI=1S/C18H22FN5O4S/c1-28-14-5-3-4-13(19)15(14)16(25)12-10-21-18(23-17(12)20)22-11-6-8-24(9-7-11)29(2,26)27/h3-5,10-11H,6-9H2,1-2H3,(H3,20,21,22,23)/p+1. The lowest BCUT2D eigenvalue weighted by Gasteiger charge is -2.28. The maximum Gasteiger partial charge on any atom is 0.342 e. The molecule has 3 rings (SSSR count). The number of ketones is 1. The average molecular weight is 424 g/mol. The number of nitrogens with two attached hydrogens (primary N) is 1. The van der Waals surface area contributed by atoms with Gasteiger partial charge in [0.15, 0.2) is 0 Å². The molecular formula is C18H23FN5O4S+. The van der Waals surface area contributed by atoms with Crippen LogP contribution in [0.5, 0.6) is 5.75 Å². The summed E-state index contributed by atoms with van der Waals surface area (Å²) in [6.07, 6.45) is 3.80. The van der Waals surface area contributed by atoms with E-state index in [1.807, 2.05) is 0 Å². The molecule has 1 aliphatic heterocycles. The summed E-state index contributed by atoms with van der Waals surface area (Å²) in [5, 5.41) is 3.12. The Labute approximate surface area is 168 Å². The Morgan fingerprint density at radius 3 is 2.69 bits per heavy atom. The van der Waals surface area contributed by atoms with Gasteiger partial charge in [-0.1, -0.05) is 6.07 Å². The fourth-order valence-corrected chi connectivity index (χ4v) is 4.08. The van der Waals surface area contributed by atoms with Gasteiger partial charge >= 0.3 is 10.0 Å². The molecule has 0 bridgehead atoms. The normalized spacial score (nSPS) is 17.5. The van der Waals surface area contributed by atoms with Gasteiger partial charge in [-0.05, 0) is 25.0 Å². The number of nitrogens with zero attached hydrogens (tertiary/aromatic N) is 3. The summed E-state index contributed by atoms with van der Waals surface area (Å²) in [6, 6.07) is 4.09. The van der Waals surface area contributed by atoms with Crippen molar-refractivity contribution in [1.29, 1.82) is 0 Å². The molecule has 4 N–H and O–H groups in total. The van der Waals surface area contributed by atoms with Crippen molar-refractivity contribution < 1.29 is 22.3 Å². The third-order valence-corrected chi connectivity index (χ3v) is 6.07. The quantitative estimate of drug-likeness (QED) is 0.529. The number of nitrogen functional groups attached to an aromatic ring is 1. The lowest BCUT2D eigenvalue weighted by atomic mass is 10.0. The first-order valence-corrected chi connectivity index (χ1v) is 10.8. The van der Waals surface area contributed by atoms with Gasteiger partial charge in [-0.15, -0.1) is 0 Å². The Morgan fingerprint density at radius 1 is 1.41 bits per heavy atom. The van der Waals surface area contributed by atoms with Gasteiger partial charge in [-0.25, -0.2) is 13.6 Å². The number of hydrogen-bond acceptors (Lipinski definition) is 7. The minimum Gasteiger partial charge on any atom is -0.496 e. The molecule has 0 amide bonds. The van der Waals surface area contributed by atoms with E-state index in [4.69, 9.17) is 10.5 Å². The molecule has 1 aliphatic rings. The summed E-state index contributed by atoms with van der Waals surface area (Å²) < 4.78 is 42.1. The lowest BCUT2D eigenvalue weighted by molar-refractivity contribution is 0.103. The van der Waals surface area contributed by atoms with Crippen molar-refractivity contribution in [3.63, 3.8) is 0 Å². The Hall–Kier alpha value is -2.79. The maximum atomic E-state index is 14.2. The fraction of sp³-hybridized carbons (Fsp3) is 0.389. The zero-order chi connectivity index (χ0) is 21.2. The zero-order valence-electron chi connectivity index (χ0n) is 16.1. The Bertz CT molecular complexity index is 1020. The van der Waals surface area contributed by atoms with Crippen LogP contribution in [0, 0.1) is 5.82 Å². The van der Waals surface area contributed by atoms with E-state index in [-0.39, 0.29) is 34.7 Å². The summed E-state index contributed by atoms with van der Waals surface area (Å²) in [5.41, 5.74) is 5.67. The second-order valence-corrected chi connectivity index (χ2v) is 8.79. The van der Waals surface area contributed by atoms with Gasteiger partial charge in [0.25, 0.3) is 0 Å².